The van der Waals surface area contributed by atoms with E-state index in [2.05, 4.69) is 25.2 Å². The number of imidazole rings is 1. The maximum atomic E-state index is 10.6. The summed E-state index contributed by atoms with van der Waals surface area (Å²) in [5.41, 5.74) is 2.77. The van der Waals surface area contributed by atoms with Crippen LogP contribution in [0.3, 0.4) is 0 Å². The fourth-order valence-corrected chi connectivity index (χ4v) is 0.691. The second-order valence-corrected chi connectivity index (χ2v) is 2.24. The number of aromatic amines is 1. The van der Waals surface area contributed by atoms with Gasteiger partial charge in [0.05, 0.1) is 7.11 Å². The van der Waals surface area contributed by atoms with Crippen LogP contribution in [-0.2, 0) is 4.74 Å². The molecule has 0 saturated carbocycles. The summed E-state index contributed by atoms with van der Waals surface area (Å²) in [6.45, 7) is 1.72. The highest BCUT2D eigenvalue weighted by atomic mass is 16.5. The van der Waals surface area contributed by atoms with Gasteiger partial charge in [0.1, 0.15) is 5.71 Å². The molecule has 2 N–H and O–H groups in total. The first-order valence-electron chi connectivity index (χ1n) is 3.62. The molecule has 1 amide bonds. The lowest BCUT2D eigenvalue weighted by Crippen LogP contribution is -2.19. The third-order valence-corrected chi connectivity index (χ3v) is 1.34. The molecular formula is C7H10N4O2. The highest BCUT2D eigenvalue weighted by Crippen LogP contribution is 1.90. The summed E-state index contributed by atoms with van der Waals surface area (Å²) in [4.78, 5) is 17.4. The van der Waals surface area contributed by atoms with Crippen LogP contribution in [0.1, 0.15) is 12.7 Å². The van der Waals surface area contributed by atoms with Gasteiger partial charge in [-0.3, -0.25) is 0 Å². The maximum absolute atomic E-state index is 10.6. The van der Waals surface area contributed by atoms with Crippen LogP contribution < -0.4 is 5.43 Å². The van der Waals surface area contributed by atoms with Crippen LogP contribution in [-0.4, -0.2) is 28.9 Å². The molecule has 0 radical (unpaired) electrons. The summed E-state index contributed by atoms with van der Waals surface area (Å²) in [5, 5.41) is 3.74. The normalized spacial score (nSPS) is 11.1. The Kier molecular flexibility index (Phi) is 3.02. The Morgan fingerprint density at radius 3 is 3.08 bits per heavy atom. The van der Waals surface area contributed by atoms with Crippen molar-refractivity contribution >= 4 is 11.8 Å². The van der Waals surface area contributed by atoms with Crippen molar-refractivity contribution in [3.63, 3.8) is 0 Å². The van der Waals surface area contributed by atoms with E-state index in [1.807, 2.05) is 0 Å². The molecule has 0 fully saturated rings. The van der Waals surface area contributed by atoms with E-state index in [9.17, 15) is 4.79 Å². The number of carbonyl (C=O) groups excluding carboxylic acids is 1. The van der Waals surface area contributed by atoms with Gasteiger partial charge in [-0.15, -0.1) is 0 Å². The Morgan fingerprint density at radius 1 is 1.77 bits per heavy atom. The van der Waals surface area contributed by atoms with Crippen molar-refractivity contribution in [3.8, 4) is 0 Å². The van der Waals surface area contributed by atoms with Gasteiger partial charge in [-0.2, -0.15) is 5.10 Å². The van der Waals surface area contributed by atoms with Crippen LogP contribution in [0.5, 0.6) is 0 Å². The molecule has 0 unspecified atom stereocenters. The van der Waals surface area contributed by atoms with Crippen molar-refractivity contribution in [2.24, 2.45) is 5.10 Å². The SMILES string of the molecule is COC(=O)N/N=C(/C)c1ncc[nH]1. The molecule has 0 atom stereocenters. The second-order valence-electron chi connectivity index (χ2n) is 2.24. The van der Waals surface area contributed by atoms with Gasteiger partial charge in [0.15, 0.2) is 5.82 Å². The topological polar surface area (TPSA) is 79.4 Å². The summed E-state index contributed by atoms with van der Waals surface area (Å²) in [5.74, 6) is 0.608. The molecule has 0 bridgehead atoms. The third-order valence-electron chi connectivity index (χ3n) is 1.34. The lowest BCUT2D eigenvalue weighted by molar-refractivity contribution is 0.171. The average molecular weight is 182 g/mol. The molecule has 0 aliphatic carbocycles. The van der Waals surface area contributed by atoms with Crippen molar-refractivity contribution < 1.29 is 9.53 Å². The predicted octanol–water partition coefficient (Wildman–Crippen LogP) is 0.490. The minimum Gasteiger partial charge on any atom is -0.452 e. The molecule has 1 aromatic rings. The number of methoxy groups -OCH3 is 1. The minimum absolute atomic E-state index is 0.579. The molecular weight excluding hydrogens is 172 g/mol. The quantitative estimate of drug-likeness (QED) is 0.516. The average Bonchev–Trinajstić information content (AvgIpc) is 2.66. The van der Waals surface area contributed by atoms with Crippen LogP contribution in [0.2, 0.25) is 0 Å². The number of rotatable bonds is 2. The Hall–Kier alpha value is -1.85. The summed E-state index contributed by atoms with van der Waals surface area (Å²) in [6.07, 6.45) is 2.67. The van der Waals surface area contributed by atoms with Crippen molar-refractivity contribution in [2.45, 2.75) is 6.92 Å². The van der Waals surface area contributed by atoms with Crippen molar-refractivity contribution in [2.75, 3.05) is 7.11 Å². The largest absolute Gasteiger partial charge is 0.452 e. The van der Waals surface area contributed by atoms with Gasteiger partial charge >= 0.3 is 6.09 Å². The van der Waals surface area contributed by atoms with E-state index in [0.29, 0.717) is 11.5 Å². The number of hydrogen-bond donors (Lipinski definition) is 2. The van der Waals surface area contributed by atoms with E-state index in [1.54, 1.807) is 19.3 Å². The molecule has 0 aliphatic heterocycles. The van der Waals surface area contributed by atoms with Crippen LogP contribution in [0.15, 0.2) is 17.5 Å². The number of carbonyl (C=O) groups is 1. The highest BCUT2D eigenvalue weighted by Gasteiger charge is 2.00. The van der Waals surface area contributed by atoms with Crippen LogP contribution >= 0.6 is 0 Å². The smallest absolute Gasteiger partial charge is 0.427 e. The molecule has 0 saturated heterocycles. The molecule has 1 rings (SSSR count). The van der Waals surface area contributed by atoms with E-state index in [4.69, 9.17) is 0 Å². The first-order valence-corrected chi connectivity index (χ1v) is 3.62. The number of ether oxygens (including phenoxy) is 1. The number of hydrazone groups is 1. The molecule has 13 heavy (non-hydrogen) atoms. The fourth-order valence-electron chi connectivity index (χ4n) is 0.691. The minimum atomic E-state index is -0.606. The van der Waals surface area contributed by atoms with Crippen LogP contribution in [0, 0.1) is 0 Å². The summed E-state index contributed by atoms with van der Waals surface area (Å²) in [7, 11) is 1.27. The lowest BCUT2D eigenvalue weighted by atomic mass is 10.4. The standard InChI is InChI=1S/C7H10N4O2/c1-5(6-8-3-4-9-6)10-11-7(12)13-2/h3-4H,1-2H3,(H,8,9)(H,11,12)/b10-5-. The zero-order valence-corrected chi connectivity index (χ0v) is 7.37. The Labute approximate surface area is 75.0 Å². The molecule has 0 aromatic carbocycles. The van der Waals surface area contributed by atoms with E-state index < -0.39 is 6.09 Å². The van der Waals surface area contributed by atoms with Crippen molar-refractivity contribution in [1.29, 1.82) is 0 Å². The van der Waals surface area contributed by atoms with Gasteiger partial charge in [0.25, 0.3) is 0 Å². The molecule has 1 heterocycles. The number of amides is 1. The lowest BCUT2D eigenvalue weighted by Gasteiger charge is -1.97. The van der Waals surface area contributed by atoms with E-state index in [-0.39, 0.29) is 0 Å². The molecule has 0 aliphatic rings. The van der Waals surface area contributed by atoms with Crippen molar-refractivity contribution in [1.82, 2.24) is 15.4 Å². The summed E-state index contributed by atoms with van der Waals surface area (Å²) < 4.78 is 4.33. The zero-order chi connectivity index (χ0) is 9.68. The maximum Gasteiger partial charge on any atom is 0.427 e. The van der Waals surface area contributed by atoms with Gasteiger partial charge in [0, 0.05) is 12.4 Å². The van der Waals surface area contributed by atoms with Gasteiger partial charge in [-0.25, -0.2) is 15.2 Å². The first kappa shape index (κ1) is 9.24. The number of hydrogen-bond acceptors (Lipinski definition) is 4. The molecule has 6 heteroatoms. The van der Waals surface area contributed by atoms with E-state index >= 15 is 0 Å². The molecule has 70 valence electrons. The molecule has 6 nitrogen and oxygen atoms in total. The van der Waals surface area contributed by atoms with E-state index in [0.717, 1.165) is 0 Å². The Balaban J connectivity index is 2.57. The zero-order valence-electron chi connectivity index (χ0n) is 7.37. The van der Waals surface area contributed by atoms with Gasteiger partial charge in [-0.1, -0.05) is 0 Å². The predicted molar refractivity (Wildman–Crippen MR) is 46.3 cm³/mol. The highest BCUT2D eigenvalue weighted by molar-refractivity contribution is 5.95. The summed E-state index contributed by atoms with van der Waals surface area (Å²) >= 11 is 0. The van der Waals surface area contributed by atoms with Gasteiger partial charge < -0.3 is 9.72 Å². The number of nitrogens with one attached hydrogen (secondary N) is 2. The second kappa shape index (κ2) is 4.24. The number of H-pyrrole nitrogens is 1. The Morgan fingerprint density at radius 2 is 2.54 bits per heavy atom. The summed E-state index contributed by atoms with van der Waals surface area (Å²) in [6, 6.07) is 0. The van der Waals surface area contributed by atoms with Gasteiger partial charge in [0.2, 0.25) is 0 Å². The van der Waals surface area contributed by atoms with Crippen LogP contribution in [0.4, 0.5) is 4.79 Å². The van der Waals surface area contributed by atoms with Crippen LogP contribution in [0.25, 0.3) is 0 Å². The van der Waals surface area contributed by atoms with Gasteiger partial charge in [-0.05, 0) is 6.92 Å². The van der Waals surface area contributed by atoms with E-state index in [1.165, 1.54) is 7.11 Å². The number of nitrogens with zero attached hydrogens (tertiary/aromatic N) is 2. The van der Waals surface area contributed by atoms with Crippen molar-refractivity contribution in [3.05, 3.63) is 18.2 Å². The fraction of sp³-hybridized carbons (Fsp3) is 0.286. The Bertz CT molecular complexity index is 304. The molecule has 0 spiro atoms. The molecule has 1 aromatic heterocycles. The number of aromatic nitrogens is 2. The monoisotopic (exact) mass is 182 g/mol. The third kappa shape index (κ3) is 2.58. The first-order chi connectivity index (χ1) is 6.24.